The molecule has 190 valence electrons. The van der Waals surface area contributed by atoms with Crippen LogP contribution in [0.3, 0.4) is 0 Å². The predicted octanol–water partition coefficient (Wildman–Crippen LogP) is 5.35. The molecule has 0 unspecified atom stereocenters. The number of amides is 2. The van der Waals surface area contributed by atoms with Crippen LogP contribution in [0.1, 0.15) is 36.5 Å². The lowest BCUT2D eigenvalue weighted by Gasteiger charge is -2.31. The molecule has 0 heterocycles. The lowest BCUT2D eigenvalue weighted by molar-refractivity contribution is -0.142. The van der Waals surface area contributed by atoms with Crippen molar-refractivity contribution in [1.82, 2.24) is 10.2 Å². The van der Waals surface area contributed by atoms with Gasteiger partial charge in [0.25, 0.3) is 5.91 Å². The van der Waals surface area contributed by atoms with Crippen LogP contribution < -0.4 is 14.8 Å². The minimum Gasteiger partial charge on any atom is -0.497 e. The van der Waals surface area contributed by atoms with Gasteiger partial charge in [-0.25, -0.2) is 0 Å². The lowest BCUT2D eigenvalue weighted by Crippen LogP contribution is -2.51. The van der Waals surface area contributed by atoms with Gasteiger partial charge in [-0.15, -0.1) is 0 Å². The maximum absolute atomic E-state index is 13.6. The van der Waals surface area contributed by atoms with Gasteiger partial charge in [-0.2, -0.15) is 0 Å². The Morgan fingerprint density at radius 1 is 0.972 bits per heavy atom. The highest BCUT2D eigenvalue weighted by Crippen LogP contribution is 2.29. The number of benzene rings is 3. The number of halogens is 1. The Morgan fingerprint density at radius 2 is 1.69 bits per heavy atom. The van der Waals surface area contributed by atoms with E-state index in [4.69, 9.17) is 9.47 Å². The summed E-state index contributed by atoms with van der Waals surface area (Å²) < 4.78 is 12.1. The third-order valence-electron chi connectivity index (χ3n) is 5.98. The SMILES string of the molecule is CNC(=O)[C@@H](Cc1ccccc1)N(Cc1cccc(OC)c1)C(=O)COc1ccc(C(C)C)cc1Br. The Labute approximate surface area is 221 Å². The van der Waals surface area contributed by atoms with Gasteiger partial charge < -0.3 is 19.7 Å². The van der Waals surface area contributed by atoms with Crippen molar-refractivity contribution >= 4 is 27.7 Å². The van der Waals surface area contributed by atoms with E-state index in [1.54, 1.807) is 19.1 Å². The molecule has 1 N–H and O–H groups in total. The first kappa shape index (κ1) is 27.3. The number of methoxy groups -OCH3 is 1. The zero-order chi connectivity index (χ0) is 26.1. The van der Waals surface area contributed by atoms with Gasteiger partial charge in [0.1, 0.15) is 17.5 Å². The normalized spacial score (nSPS) is 11.6. The Hall–Kier alpha value is -3.32. The smallest absolute Gasteiger partial charge is 0.261 e. The average molecular weight is 553 g/mol. The van der Waals surface area contributed by atoms with E-state index >= 15 is 0 Å². The van der Waals surface area contributed by atoms with Gasteiger partial charge in [0, 0.05) is 20.0 Å². The summed E-state index contributed by atoms with van der Waals surface area (Å²) in [4.78, 5) is 28.2. The van der Waals surface area contributed by atoms with E-state index in [1.807, 2.05) is 72.8 Å². The van der Waals surface area contributed by atoms with Gasteiger partial charge in [-0.3, -0.25) is 9.59 Å². The topological polar surface area (TPSA) is 67.9 Å². The molecule has 0 fully saturated rings. The Bertz CT molecular complexity index is 1170. The van der Waals surface area contributed by atoms with Crippen molar-refractivity contribution in [2.45, 2.75) is 38.8 Å². The molecule has 0 aliphatic carbocycles. The maximum atomic E-state index is 13.6. The first-order chi connectivity index (χ1) is 17.3. The van der Waals surface area contributed by atoms with Crippen LogP contribution in [0.4, 0.5) is 0 Å². The second kappa shape index (κ2) is 13.1. The van der Waals surface area contributed by atoms with Crippen LogP contribution in [0.2, 0.25) is 0 Å². The summed E-state index contributed by atoms with van der Waals surface area (Å²) in [5.74, 6) is 1.11. The number of ether oxygens (including phenoxy) is 2. The minimum absolute atomic E-state index is 0.203. The molecule has 3 rings (SSSR count). The molecule has 6 nitrogen and oxygen atoms in total. The molecule has 0 spiro atoms. The Balaban J connectivity index is 1.88. The van der Waals surface area contributed by atoms with Crippen LogP contribution in [-0.2, 0) is 22.6 Å². The van der Waals surface area contributed by atoms with E-state index < -0.39 is 6.04 Å². The summed E-state index contributed by atoms with van der Waals surface area (Å²) in [6.07, 6.45) is 0.378. The van der Waals surface area contributed by atoms with Gasteiger partial charge in [0.15, 0.2) is 6.61 Å². The van der Waals surface area contributed by atoms with Crippen LogP contribution in [0.15, 0.2) is 77.3 Å². The third-order valence-corrected chi connectivity index (χ3v) is 6.60. The quantitative estimate of drug-likeness (QED) is 0.348. The van der Waals surface area contributed by atoms with Crippen LogP contribution in [0.25, 0.3) is 0 Å². The molecule has 2 amide bonds. The van der Waals surface area contributed by atoms with Crippen LogP contribution in [0.5, 0.6) is 11.5 Å². The van der Waals surface area contributed by atoms with Crippen LogP contribution in [0, 0.1) is 0 Å². The molecule has 0 saturated heterocycles. The molecule has 0 aromatic heterocycles. The van der Waals surface area contributed by atoms with Crippen molar-refractivity contribution in [3.8, 4) is 11.5 Å². The van der Waals surface area contributed by atoms with Crippen molar-refractivity contribution in [2.24, 2.45) is 0 Å². The fourth-order valence-corrected chi connectivity index (χ4v) is 4.41. The molecule has 0 aliphatic heterocycles. The largest absolute Gasteiger partial charge is 0.497 e. The molecule has 3 aromatic carbocycles. The van der Waals surface area contributed by atoms with Gasteiger partial charge in [-0.05, 0) is 62.8 Å². The highest BCUT2D eigenvalue weighted by atomic mass is 79.9. The molecule has 0 aliphatic rings. The highest BCUT2D eigenvalue weighted by molar-refractivity contribution is 9.10. The maximum Gasteiger partial charge on any atom is 0.261 e. The molecule has 0 bridgehead atoms. The molecule has 7 heteroatoms. The van der Waals surface area contributed by atoms with Crippen LogP contribution >= 0.6 is 15.9 Å². The monoisotopic (exact) mass is 552 g/mol. The highest BCUT2D eigenvalue weighted by Gasteiger charge is 2.30. The number of hydrogen-bond acceptors (Lipinski definition) is 4. The van der Waals surface area contributed by atoms with Crippen molar-refractivity contribution in [1.29, 1.82) is 0 Å². The summed E-state index contributed by atoms with van der Waals surface area (Å²) in [5.41, 5.74) is 2.98. The van der Waals surface area contributed by atoms with Crippen molar-refractivity contribution in [3.63, 3.8) is 0 Å². The minimum atomic E-state index is -0.716. The number of nitrogens with zero attached hydrogens (tertiary/aromatic N) is 1. The molecular formula is C29H33BrN2O4. The van der Waals surface area contributed by atoms with Crippen LogP contribution in [-0.4, -0.2) is 43.5 Å². The first-order valence-electron chi connectivity index (χ1n) is 11.9. The number of likely N-dealkylation sites (N-methyl/N-ethyl adjacent to an activating group) is 1. The van der Waals surface area contributed by atoms with E-state index in [9.17, 15) is 9.59 Å². The zero-order valence-corrected chi connectivity index (χ0v) is 22.7. The molecule has 36 heavy (non-hydrogen) atoms. The summed E-state index contributed by atoms with van der Waals surface area (Å²) in [5, 5.41) is 2.72. The molecule has 0 saturated carbocycles. The van der Waals surface area contributed by atoms with E-state index in [2.05, 4.69) is 35.1 Å². The summed E-state index contributed by atoms with van der Waals surface area (Å²) in [6, 6.07) is 22.3. The van der Waals surface area contributed by atoms with Crippen molar-refractivity contribution < 1.29 is 19.1 Å². The second-order valence-electron chi connectivity index (χ2n) is 8.83. The number of carbonyl (C=O) groups is 2. The molecular weight excluding hydrogens is 520 g/mol. The summed E-state index contributed by atoms with van der Waals surface area (Å²) in [6.45, 7) is 4.27. The zero-order valence-electron chi connectivity index (χ0n) is 21.2. The van der Waals surface area contributed by atoms with Gasteiger partial charge in [0.2, 0.25) is 5.91 Å². The fraction of sp³-hybridized carbons (Fsp3) is 0.310. The number of carbonyl (C=O) groups excluding carboxylic acids is 2. The van der Waals surface area contributed by atoms with Gasteiger partial charge in [-0.1, -0.05) is 62.4 Å². The Morgan fingerprint density at radius 3 is 2.33 bits per heavy atom. The van der Waals surface area contributed by atoms with Gasteiger partial charge >= 0.3 is 0 Å². The van der Waals surface area contributed by atoms with Crippen molar-refractivity contribution in [2.75, 3.05) is 20.8 Å². The first-order valence-corrected chi connectivity index (χ1v) is 12.7. The number of hydrogen-bond donors (Lipinski definition) is 1. The second-order valence-corrected chi connectivity index (χ2v) is 9.68. The molecule has 3 aromatic rings. The Kier molecular flexibility index (Phi) is 9.94. The third kappa shape index (κ3) is 7.34. The predicted molar refractivity (Wildman–Crippen MR) is 145 cm³/mol. The standard InChI is InChI=1S/C29H33BrN2O4/c1-20(2)23-13-14-27(25(30)17-23)36-19-28(33)32(18-22-11-8-12-24(15-22)35-4)26(29(34)31-3)16-21-9-6-5-7-10-21/h5-15,17,20,26H,16,18-19H2,1-4H3,(H,31,34)/t26-/m1/s1. The van der Waals surface area contributed by atoms with Gasteiger partial charge in [0.05, 0.1) is 11.6 Å². The van der Waals surface area contributed by atoms with E-state index in [-0.39, 0.29) is 25.0 Å². The number of rotatable bonds is 11. The number of nitrogens with one attached hydrogen (secondary N) is 1. The summed E-state index contributed by atoms with van der Waals surface area (Å²) >= 11 is 3.55. The summed E-state index contributed by atoms with van der Waals surface area (Å²) in [7, 11) is 3.18. The fourth-order valence-electron chi connectivity index (χ4n) is 3.90. The molecule has 0 radical (unpaired) electrons. The van der Waals surface area contributed by atoms with E-state index in [0.29, 0.717) is 23.8 Å². The molecule has 1 atom stereocenters. The van der Waals surface area contributed by atoms with E-state index in [1.165, 1.54) is 5.56 Å². The van der Waals surface area contributed by atoms with Crippen molar-refractivity contribution in [3.05, 3.63) is 94.0 Å². The van der Waals surface area contributed by atoms with E-state index in [0.717, 1.165) is 15.6 Å². The lowest BCUT2D eigenvalue weighted by atomic mass is 10.0. The average Bonchev–Trinajstić information content (AvgIpc) is 2.89.